The number of aliphatic carboxylic acids is 1. The topological polar surface area (TPSA) is 97.0 Å². The number of carboxylic acids is 1. The zero-order valence-electron chi connectivity index (χ0n) is 16.0. The van der Waals surface area contributed by atoms with Crippen LogP contribution in [0, 0.1) is 0 Å². The maximum Gasteiger partial charge on any atom is 0.416 e. The van der Waals surface area contributed by atoms with Gasteiger partial charge in [0.15, 0.2) is 11.0 Å². The molecule has 32 heavy (non-hydrogen) atoms. The summed E-state index contributed by atoms with van der Waals surface area (Å²) in [6.45, 7) is -0.234. The Balaban J connectivity index is 1.74. The third-order valence-corrected chi connectivity index (χ3v) is 5.19. The second-order valence-corrected chi connectivity index (χ2v) is 7.46. The van der Waals surface area contributed by atoms with Gasteiger partial charge in [0, 0.05) is 6.07 Å². The molecule has 3 aromatic rings. The zero-order chi connectivity index (χ0) is 23.2. The van der Waals surface area contributed by atoms with E-state index in [1.807, 2.05) is 0 Å². The van der Waals surface area contributed by atoms with Crippen molar-refractivity contribution in [1.29, 1.82) is 0 Å². The SMILES string of the molecule is O=C(O)C(=O)N1CC(Oc2cc(C(F)(F)F)ccc2-c2cc(=O)c3cccc(Cl)c3o2)C1. The van der Waals surface area contributed by atoms with Gasteiger partial charge in [-0.2, -0.15) is 13.2 Å². The summed E-state index contributed by atoms with van der Waals surface area (Å²) in [4.78, 5) is 35.7. The van der Waals surface area contributed by atoms with Crippen molar-refractivity contribution in [2.45, 2.75) is 12.3 Å². The van der Waals surface area contributed by atoms with Gasteiger partial charge >= 0.3 is 18.1 Å². The predicted molar refractivity (Wildman–Crippen MR) is 107 cm³/mol. The maximum atomic E-state index is 13.3. The van der Waals surface area contributed by atoms with Crippen LogP contribution < -0.4 is 10.2 Å². The number of ether oxygens (including phenoxy) is 1. The molecule has 0 unspecified atom stereocenters. The Kier molecular flexibility index (Phi) is 5.33. The average molecular weight is 468 g/mol. The van der Waals surface area contributed by atoms with Gasteiger partial charge in [-0.25, -0.2) is 4.79 Å². The van der Waals surface area contributed by atoms with Crippen LogP contribution in [0.2, 0.25) is 5.02 Å². The van der Waals surface area contributed by atoms with E-state index in [0.717, 1.165) is 29.2 Å². The number of hydrogen-bond acceptors (Lipinski definition) is 5. The molecule has 1 amide bonds. The van der Waals surface area contributed by atoms with Crippen LogP contribution in [0.4, 0.5) is 13.2 Å². The van der Waals surface area contributed by atoms with Crippen LogP contribution in [0.15, 0.2) is 51.7 Å². The number of likely N-dealkylation sites (tertiary alicyclic amines) is 1. The maximum absolute atomic E-state index is 13.3. The van der Waals surface area contributed by atoms with Gasteiger partial charge in [0.1, 0.15) is 17.6 Å². The van der Waals surface area contributed by atoms with Crippen molar-refractivity contribution in [3.8, 4) is 17.1 Å². The van der Waals surface area contributed by atoms with E-state index in [0.29, 0.717) is 0 Å². The van der Waals surface area contributed by atoms with Crippen LogP contribution >= 0.6 is 11.6 Å². The standard InChI is InChI=1S/C21H13ClF3NO6/c22-14-3-1-2-12-15(27)7-17(32-18(12)14)13-5-4-10(21(23,24)25)6-16(13)31-11-8-26(9-11)19(28)20(29)30/h1-7,11H,8-9H2,(H,29,30). The number of carbonyl (C=O) groups is 2. The summed E-state index contributed by atoms with van der Waals surface area (Å²) in [6.07, 6.45) is -5.40. The molecule has 11 heteroatoms. The molecule has 0 spiro atoms. The van der Waals surface area contributed by atoms with Crippen molar-refractivity contribution in [1.82, 2.24) is 4.90 Å². The third-order valence-electron chi connectivity index (χ3n) is 4.89. The Morgan fingerprint density at radius 2 is 1.88 bits per heavy atom. The van der Waals surface area contributed by atoms with Gasteiger partial charge in [-0.05, 0) is 30.3 Å². The monoisotopic (exact) mass is 467 g/mol. The van der Waals surface area contributed by atoms with Gasteiger partial charge in [-0.3, -0.25) is 9.59 Å². The Bertz CT molecular complexity index is 1300. The molecular formula is C21H13ClF3NO6. The van der Waals surface area contributed by atoms with E-state index in [1.165, 1.54) is 12.1 Å². The van der Waals surface area contributed by atoms with E-state index >= 15 is 0 Å². The van der Waals surface area contributed by atoms with Crippen LogP contribution in [0.1, 0.15) is 5.56 Å². The van der Waals surface area contributed by atoms with Crippen molar-refractivity contribution >= 4 is 34.4 Å². The highest BCUT2D eigenvalue weighted by Gasteiger charge is 2.37. The van der Waals surface area contributed by atoms with Gasteiger partial charge in [0.2, 0.25) is 0 Å². The molecule has 0 bridgehead atoms. The van der Waals surface area contributed by atoms with E-state index in [4.69, 9.17) is 25.9 Å². The number of fused-ring (bicyclic) bond motifs is 1. The van der Waals surface area contributed by atoms with Gasteiger partial charge in [0.05, 0.1) is 34.6 Å². The van der Waals surface area contributed by atoms with Crippen LogP contribution in [-0.2, 0) is 15.8 Å². The summed E-state index contributed by atoms with van der Waals surface area (Å²) in [5.74, 6) is -3.07. The fourth-order valence-electron chi connectivity index (χ4n) is 3.27. The number of benzene rings is 2. The fraction of sp³-hybridized carbons (Fsp3) is 0.190. The van der Waals surface area contributed by atoms with Crippen LogP contribution in [0.5, 0.6) is 5.75 Å². The second kappa shape index (κ2) is 7.86. The van der Waals surface area contributed by atoms with Gasteiger partial charge in [0.25, 0.3) is 0 Å². The van der Waals surface area contributed by atoms with Crippen LogP contribution in [-0.4, -0.2) is 41.1 Å². The third kappa shape index (κ3) is 4.01. The normalized spacial score (nSPS) is 14.3. The molecule has 1 saturated heterocycles. The molecule has 0 atom stereocenters. The smallest absolute Gasteiger partial charge is 0.416 e. The number of hydrogen-bond donors (Lipinski definition) is 1. The van der Waals surface area contributed by atoms with E-state index in [9.17, 15) is 27.6 Å². The van der Waals surface area contributed by atoms with Gasteiger partial charge in [-0.1, -0.05) is 17.7 Å². The number of nitrogens with zero attached hydrogens (tertiary/aromatic N) is 1. The Hall–Kier alpha value is -3.53. The molecule has 1 aliphatic rings. The first-order valence-electron chi connectivity index (χ1n) is 9.17. The van der Waals surface area contributed by atoms with Crippen molar-refractivity contribution in [2.75, 3.05) is 13.1 Å². The fourth-order valence-corrected chi connectivity index (χ4v) is 3.48. The molecule has 0 radical (unpaired) electrons. The van der Waals surface area contributed by atoms with E-state index in [-0.39, 0.29) is 46.2 Å². The Morgan fingerprint density at radius 1 is 1.16 bits per heavy atom. The minimum absolute atomic E-state index is 0.0582. The zero-order valence-corrected chi connectivity index (χ0v) is 16.7. The Labute approximate surface area is 182 Å². The summed E-state index contributed by atoms with van der Waals surface area (Å²) in [6, 6.07) is 8.38. The highest BCUT2D eigenvalue weighted by atomic mass is 35.5. The molecule has 7 nitrogen and oxygen atoms in total. The number of alkyl halides is 3. The molecule has 166 valence electrons. The molecule has 1 aromatic heterocycles. The van der Waals surface area contributed by atoms with Crippen LogP contribution in [0.25, 0.3) is 22.3 Å². The molecule has 0 aliphatic carbocycles. The van der Waals surface area contributed by atoms with E-state index in [2.05, 4.69) is 0 Å². The van der Waals surface area contributed by atoms with Gasteiger partial charge in [-0.15, -0.1) is 0 Å². The second-order valence-electron chi connectivity index (χ2n) is 7.06. The summed E-state index contributed by atoms with van der Waals surface area (Å²) < 4.78 is 51.1. The number of carbonyl (C=O) groups excluding carboxylic acids is 1. The summed E-state index contributed by atoms with van der Waals surface area (Å²) >= 11 is 6.10. The van der Waals surface area contributed by atoms with Crippen LogP contribution in [0.3, 0.4) is 0 Å². The lowest BCUT2D eigenvalue weighted by molar-refractivity contribution is -0.160. The lowest BCUT2D eigenvalue weighted by Gasteiger charge is -2.38. The first-order chi connectivity index (χ1) is 15.0. The first-order valence-corrected chi connectivity index (χ1v) is 9.55. The number of amides is 1. The minimum atomic E-state index is -4.66. The van der Waals surface area contributed by atoms with Crippen molar-refractivity contribution in [2.24, 2.45) is 0 Å². The summed E-state index contributed by atoms with van der Waals surface area (Å²) in [7, 11) is 0. The lowest BCUT2D eigenvalue weighted by atomic mass is 10.1. The Morgan fingerprint density at radius 3 is 2.53 bits per heavy atom. The van der Waals surface area contributed by atoms with Crippen molar-refractivity contribution in [3.05, 3.63) is 63.3 Å². The highest BCUT2D eigenvalue weighted by Crippen LogP contribution is 2.39. The van der Waals surface area contributed by atoms with Crippen molar-refractivity contribution in [3.63, 3.8) is 0 Å². The van der Waals surface area contributed by atoms with Crippen molar-refractivity contribution < 1.29 is 37.0 Å². The number of halogens is 4. The molecule has 2 aromatic carbocycles. The number of carboxylic acid groups (broad SMARTS) is 1. The molecule has 1 fully saturated rings. The lowest BCUT2D eigenvalue weighted by Crippen LogP contribution is -2.57. The highest BCUT2D eigenvalue weighted by molar-refractivity contribution is 6.34. The molecule has 2 heterocycles. The molecule has 4 rings (SSSR count). The van der Waals surface area contributed by atoms with Gasteiger partial charge < -0.3 is 19.2 Å². The molecular weight excluding hydrogens is 455 g/mol. The number of para-hydroxylation sites is 1. The van der Waals surface area contributed by atoms with E-state index in [1.54, 1.807) is 6.07 Å². The molecule has 1 aliphatic heterocycles. The largest absolute Gasteiger partial charge is 0.486 e. The first kappa shape index (κ1) is 21.7. The minimum Gasteiger partial charge on any atom is -0.486 e. The summed E-state index contributed by atoms with van der Waals surface area (Å²) in [5.41, 5.74) is -1.30. The average Bonchev–Trinajstić information content (AvgIpc) is 2.69. The van der Waals surface area contributed by atoms with E-state index < -0.39 is 35.1 Å². The predicted octanol–water partition coefficient (Wildman–Crippen LogP) is 3.81. The summed E-state index contributed by atoms with van der Waals surface area (Å²) in [5, 5.41) is 9.09. The number of rotatable bonds is 3. The quantitative estimate of drug-likeness (QED) is 0.588. The molecule has 1 N–H and O–H groups in total. The molecule has 0 saturated carbocycles.